The maximum absolute atomic E-state index is 6.08. The fourth-order valence-electron chi connectivity index (χ4n) is 4.77. The fourth-order valence-corrected chi connectivity index (χ4v) is 4.77. The van der Waals surface area contributed by atoms with Crippen molar-refractivity contribution in [1.82, 2.24) is 0 Å². The van der Waals surface area contributed by atoms with Crippen molar-refractivity contribution in [2.75, 3.05) is 14.2 Å². The fraction of sp³-hybridized carbons (Fsp3) is 0.333. The summed E-state index contributed by atoms with van der Waals surface area (Å²) in [6, 6.07) is 23.9. The van der Waals surface area contributed by atoms with Gasteiger partial charge in [-0.3, -0.25) is 0 Å². The van der Waals surface area contributed by atoms with E-state index in [1.54, 1.807) is 14.2 Å². The molecule has 0 bridgehead atoms. The van der Waals surface area contributed by atoms with Gasteiger partial charge in [-0.2, -0.15) is 0 Å². The van der Waals surface area contributed by atoms with E-state index in [-0.39, 0.29) is 10.8 Å². The summed E-state index contributed by atoms with van der Waals surface area (Å²) in [5.74, 6) is 1.93. The quantitative estimate of drug-likeness (QED) is 0.324. The summed E-state index contributed by atoms with van der Waals surface area (Å²) < 4.78 is 11.6. The first-order chi connectivity index (χ1) is 15.2. The van der Waals surface area contributed by atoms with Gasteiger partial charge in [-0.15, -0.1) is 0 Å². The maximum Gasteiger partial charge on any atom is 0.126 e. The van der Waals surface area contributed by atoms with Crippen LogP contribution in [0.4, 0.5) is 0 Å². The van der Waals surface area contributed by atoms with Gasteiger partial charge in [0.2, 0.25) is 0 Å². The Morgan fingerprint density at radius 2 is 1.38 bits per heavy atom. The van der Waals surface area contributed by atoms with E-state index in [0.717, 1.165) is 23.3 Å². The second-order valence-electron chi connectivity index (χ2n) is 10.4. The number of ether oxygens (including phenoxy) is 2. The summed E-state index contributed by atoms with van der Waals surface area (Å²) in [5, 5.41) is 4.89. The molecule has 2 nitrogen and oxygen atoms in total. The average Bonchev–Trinajstić information content (AvgIpc) is 2.77. The van der Waals surface area contributed by atoms with Crippen LogP contribution in [0.2, 0.25) is 0 Å². The zero-order chi connectivity index (χ0) is 23.1. The first-order valence-corrected chi connectivity index (χ1v) is 11.3. The van der Waals surface area contributed by atoms with Crippen molar-refractivity contribution in [2.45, 2.75) is 51.9 Å². The van der Waals surface area contributed by atoms with E-state index in [0.29, 0.717) is 0 Å². The highest BCUT2D eigenvalue weighted by Gasteiger charge is 2.28. The maximum atomic E-state index is 6.08. The molecule has 2 heteroatoms. The van der Waals surface area contributed by atoms with Crippen molar-refractivity contribution in [1.29, 1.82) is 0 Å². The van der Waals surface area contributed by atoms with Crippen molar-refractivity contribution < 1.29 is 9.47 Å². The van der Waals surface area contributed by atoms with Crippen molar-refractivity contribution >= 4 is 21.5 Å². The lowest BCUT2D eigenvalue weighted by Gasteiger charge is -2.30. The molecule has 0 aliphatic heterocycles. The molecule has 0 unspecified atom stereocenters. The van der Waals surface area contributed by atoms with E-state index in [9.17, 15) is 0 Å². The largest absolute Gasteiger partial charge is 0.496 e. The van der Waals surface area contributed by atoms with Gasteiger partial charge in [-0.1, -0.05) is 89.2 Å². The highest BCUT2D eigenvalue weighted by atomic mass is 16.5. The smallest absolute Gasteiger partial charge is 0.126 e. The zero-order valence-corrected chi connectivity index (χ0v) is 20.4. The van der Waals surface area contributed by atoms with Crippen LogP contribution in [0.5, 0.6) is 11.5 Å². The minimum Gasteiger partial charge on any atom is -0.496 e. The molecule has 4 aromatic rings. The van der Waals surface area contributed by atoms with Gasteiger partial charge in [-0.25, -0.2) is 0 Å². The van der Waals surface area contributed by atoms with Crippen LogP contribution in [0.1, 0.15) is 51.3 Å². The molecule has 0 N–H and O–H groups in total. The Morgan fingerprint density at radius 1 is 0.688 bits per heavy atom. The van der Waals surface area contributed by atoms with Gasteiger partial charge in [0.15, 0.2) is 0 Å². The van der Waals surface area contributed by atoms with Crippen LogP contribution < -0.4 is 9.47 Å². The molecule has 4 aromatic carbocycles. The molecule has 0 amide bonds. The van der Waals surface area contributed by atoms with Gasteiger partial charge in [-0.05, 0) is 51.1 Å². The van der Waals surface area contributed by atoms with Crippen LogP contribution in [0.15, 0.2) is 66.7 Å². The lowest BCUT2D eigenvalue weighted by molar-refractivity contribution is 0.387. The van der Waals surface area contributed by atoms with E-state index in [1.165, 1.54) is 32.8 Å². The van der Waals surface area contributed by atoms with Gasteiger partial charge in [0, 0.05) is 16.5 Å². The number of hydrogen-bond donors (Lipinski definition) is 0. The summed E-state index contributed by atoms with van der Waals surface area (Å²) in [5.41, 5.74) is 3.77. The first kappa shape index (κ1) is 22.2. The Hall–Kier alpha value is -3.00. The Bertz CT molecular complexity index is 1280. The molecular formula is C30H34O2. The van der Waals surface area contributed by atoms with Crippen LogP contribution >= 0.6 is 0 Å². The first-order valence-electron chi connectivity index (χ1n) is 11.3. The van der Waals surface area contributed by atoms with Crippen molar-refractivity contribution in [3.63, 3.8) is 0 Å². The Kier molecular flexibility index (Phi) is 5.67. The van der Waals surface area contributed by atoms with Crippen LogP contribution in [-0.4, -0.2) is 14.2 Å². The monoisotopic (exact) mass is 426 g/mol. The molecule has 0 aromatic heterocycles. The lowest BCUT2D eigenvalue weighted by atomic mass is 9.75. The molecule has 0 atom stereocenters. The third-order valence-electron chi connectivity index (χ3n) is 6.58. The minimum atomic E-state index is -0.0795. The van der Waals surface area contributed by atoms with Gasteiger partial charge >= 0.3 is 0 Å². The molecule has 0 radical (unpaired) electrons. The Balaban J connectivity index is 1.87. The van der Waals surface area contributed by atoms with Gasteiger partial charge < -0.3 is 9.47 Å². The minimum absolute atomic E-state index is 0.00618. The van der Waals surface area contributed by atoms with E-state index in [2.05, 4.69) is 95.3 Å². The van der Waals surface area contributed by atoms with Gasteiger partial charge in [0.25, 0.3) is 0 Å². The number of rotatable bonds is 5. The van der Waals surface area contributed by atoms with Crippen molar-refractivity contribution in [3.05, 3.63) is 83.4 Å². The Labute approximate surface area is 192 Å². The molecule has 166 valence electrons. The normalized spacial score (nSPS) is 12.3. The number of methoxy groups -OCH3 is 2. The summed E-state index contributed by atoms with van der Waals surface area (Å²) in [7, 11) is 3.53. The molecule has 32 heavy (non-hydrogen) atoms. The van der Waals surface area contributed by atoms with E-state index >= 15 is 0 Å². The molecule has 4 rings (SSSR count). The second kappa shape index (κ2) is 8.16. The number of fused-ring (bicyclic) bond motifs is 2. The SMILES string of the molecule is COc1c(C(C)(C)C)cc2ccccc2c1CC(C)(C)c1ccc2c(OC)cccc2c1. The molecular weight excluding hydrogens is 392 g/mol. The third-order valence-corrected chi connectivity index (χ3v) is 6.58. The average molecular weight is 427 g/mol. The molecule has 0 saturated heterocycles. The topological polar surface area (TPSA) is 18.5 Å². The standard InChI is InChI=1S/C30H34O2/c1-29(2,3)26-18-21-11-8-9-13-23(21)25(28(26)32-7)19-30(4,5)22-15-16-24-20(17-22)12-10-14-27(24)31-6/h8-18H,19H2,1-7H3. The van der Waals surface area contributed by atoms with Crippen molar-refractivity contribution in [3.8, 4) is 11.5 Å². The van der Waals surface area contributed by atoms with Crippen LogP contribution in [-0.2, 0) is 17.3 Å². The molecule has 0 heterocycles. The zero-order valence-electron chi connectivity index (χ0n) is 20.4. The second-order valence-corrected chi connectivity index (χ2v) is 10.4. The van der Waals surface area contributed by atoms with Crippen LogP contribution in [0, 0.1) is 0 Å². The predicted octanol–water partition coefficient (Wildman–Crippen LogP) is 7.83. The summed E-state index contributed by atoms with van der Waals surface area (Å²) in [4.78, 5) is 0. The van der Waals surface area contributed by atoms with E-state index in [4.69, 9.17) is 9.47 Å². The van der Waals surface area contributed by atoms with E-state index in [1.807, 2.05) is 6.07 Å². The Morgan fingerprint density at radius 3 is 2.06 bits per heavy atom. The highest BCUT2D eigenvalue weighted by molar-refractivity contribution is 5.90. The third kappa shape index (κ3) is 3.95. The summed E-state index contributed by atoms with van der Waals surface area (Å²) in [6.45, 7) is 11.4. The number of hydrogen-bond acceptors (Lipinski definition) is 2. The van der Waals surface area contributed by atoms with Crippen LogP contribution in [0.25, 0.3) is 21.5 Å². The molecule has 0 fully saturated rings. The van der Waals surface area contributed by atoms with Crippen molar-refractivity contribution in [2.24, 2.45) is 0 Å². The van der Waals surface area contributed by atoms with E-state index < -0.39 is 0 Å². The summed E-state index contributed by atoms with van der Waals surface area (Å²) in [6.07, 6.45) is 0.885. The van der Waals surface area contributed by atoms with Gasteiger partial charge in [0.05, 0.1) is 14.2 Å². The highest BCUT2D eigenvalue weighted by Crippen LogP contribution is 2.42. The predicted molar refractivity (Wildman–Crippen MR) is 136 cm³/mol. The summed E-state index contributed by atoms with van der Waals surface area (Å²) >= 11 is 0. The molecule has 0 aliphatic rings. The lowest BCUT2D eigenvalue weighted by Crippen LogP contribution is -2.22. The number of benzene rings is 4. The van der Waals surface area contributed by atoms with Crippen LogP contribution in [0.3, 0.4) is 0 Å². The molecule has 0 spiro atoms. The molecule has 0 saturated carbocycles. The molecule has 0 aliphatic carbocycles. The van der Waals surface area contributed by atoms with Gasteiger partial charge in [0.1, 0.15) is 11.5 Å².